The number of alkyl halides is 3. The van der Waals surface area contributed by atoms with E-state index in [1.807, 2.05) is 6.07 Å². The Balaban J connectivity index is 2.40. The third-order valence-corrected chi connectivity index (χ3v) is 3.23. The smallest absolute Gasteiger partial charge is 0.405 e. The zero-order valence-corrected chi connectivity index (χ0v) is 9.90. The minimum absolute atomic E-state index is 0.0156. The van der Waals surface area contributed by atoms with E-state index in [-0.39, 0.29) is 5.75 Å². The average Bonchev–Trinajstić information content (AvgIpc) is 2.21. The first kappa shape index (κ1) is 12.3. The molecule has 1 aromatic rings. The van der Waals surface area contributed by atoms with Gasteiger partial charge in [0.1, 0.15) is 5.75 Å². The quantitative estimate of drug-likeness (QED) is 0.725. The van der Waals surface area contributed by atoms with Crippen LogP contribution in [-0.2, 0) is 12.8 Å². The van der Waals surface area contributed by atoms with Crippen LogP contribution in [0.15, 0.2) is 12.1 Å². The van der Waals surface area contributed by atoms with E-state index in [0.717, 1.165) is 24.0 Å². The van der Waals surface area contributed by atoms with Crippen LogP contribution in [-0.4, -0.2) is 6.36 Å². The van der Waals surface area contributed by atoms with Crippen molar-refractivity contribution >= 4 is 0 Å². The number of rotatable bonds is 1. The summed E-state index contributed by atoms with van der Waals surface area (Å²) in [4.78, 5) is 0. The van der Waals surface area contributed by atoms with E-state index in [0.29, 0.717) is 17.9 Å². The molecule has 0 N–H and O–H groups in total. The van der Waals surface area contributed by atoms with E-state index < -0.39 is 6.36 Å². The Hall–Kier alpha value is -1.19. The van der Waals surface area contributed by atoms with Crippen molar-refractivity contribution in [3.63, 3.8) is 0 Å². The van der Waals surface area contributed by atoms with Gasteiger partial charge >= 0.3 is 6.36 Å². The Labute approximate surface area is 98.6 Å². The molecule has 0 radical (unpaired) electrons. The van der Waals surface area contributed by atoms with Crippen LogP contribution in [0.5, 0.6) is 5.75 Å². The predicted octanol–water partition coefficient (Wildman–Crippen LogP) is 4.02. The van der Waals surface area contributed by atoms with Crippen LogP contribution in [0.2, 0.25) is 0 Å². The van der Waals surface area contributed by atoms with Gasteiger partial charge in [0, 0.05) is 0 Å². The molecule has 0 aliphatic heterocycles. The van der Waals surface area contributed by atoms with Crippen molar-refractivity contribution in [2.24, 2.45) is 5.92 Å². The summed E-state index contributed by atoms with van der Waals surface area (Å²) in [5.74, 6) is 0.547. The number of halogens is 3. The Morgan fingerprint density at radius 1 is 1.29 bits per heavy atom. The second-order valence-electron chi connectivity index (χ2n) is 4.75. The zero-order chi connectivity index (χ0) is 12.6. The molecular weight excluding hydrogens is 229 g/mol. The fourth-order valence-electron chi connectivity index (χ4n) is 2.38. The molecule has 1 nitrogen and oxygen atoms in total. The number of hydrogen-bond acceptors (Lipinski definition) is 1. The normalized spacial score (nSPS) is 19.9. The molecule has 0 aromatic heterocycles. The summed E-state index contributed by atoms with van der Waals surface area (Å²) >= 11 is 0. The molecule has 0 saturated heterocycles. The number of fused-ring (bicyclic) bond motifs is 1. The van der Waals surface area contributed by atoms with E-state index in [1.54, 1.807) is 13.0 Å². The third kappa shape index (κ3) is 2.73. The molecule has 1 unspecified atom stereocenters. The molecule has 0 saturated carbocycles. The van der Waals surface area contributed by atoms with Crippen molar-refractivity contribution in [2.75, 3.05) is 0 Å². The fraction of sp³-hybridized carbons (Fsp3) is 0.538. The van der Waals surface area contributed by atoms with Gasteiger partial charge in [-0.05, 0) is 48.8 Å². The fourth-order valence-corrected chi connectivity index (χ4v) is 2.38. The standard InChI is InChI=1S/C13H15F3O/c1-8-3-6-11-10(7-8)5-4-9(2)12(11)17-13(14,15)16/h4-5,8H,3,6-7H2,1-2H3. The molecule has 1 aliphatic carbocycles. The molecule has 4 heteroatoms. The molecule has 0 spiro atoms. The van der Waals surface area contributed by atoms with Crippen LogP contribution < -0.4 is 4.74 Å². The Morgan fingerprint density at radius 3 is 2.65 bits per heavy atom. The van der Waals surface area contributed by atoms with Gasteiger partial charge in [-0.3, -0.25) is 0 Å². The maximum absolute atomic E-state index is 12.3. The number of aryl methyl sites for hydroxylation is 1. The molecule has 0 fully saturated rings. The second kappa shape index (κ2) is 4.24. The van der Waals surface area contributed by atoms with Gasteiger partial charge in [-0.2, -0.15) is 0 Å². The Kier molecular flexibility index (Phi) is 3.06. The van der Waals surface area contributed by atoms with Crippen molar-refractivity contribution in [1.82, 2.24) is 0 Å². The Morgan fingerprint density at radius 2 is 2.00 bits per heavy atom. The van der Waals surface area contributed by atoms with Crippen molar-refractivity contribution < 1.29 is 17.9 Å². The lowest BCUT2D eigenvalue weighted by Crippen LogP contribution is -2.21. The summed E-state index contributed by atoms with van der Waals surface area (Å²) < 4.78 is 41.2. The SMILES string of the molecule is Cc1ccc2c(c1OC(F)(F)F)CCC(C)C2. The highest BCUT2D eigenvalue weighted by Gasteiger charge is 2.33. The van der Waals surface area contributed by atoms with E-state index in [4.69, 9.17) is 0 Å². The highest BCUT2D eigenvalue weighted by molar-refractivity contribution is 5.47. The first-order valence-corrected chi connectivity index (χ1v) is 5.74. The summed E-state index contributed by atoms with van der Waals surface area (Å²) in [6.45, 7) is 3.77. The van der Waals surface area contributed by atoms with E-state index in [9.17, 15) is 13.2 Å². The number of hydrogen-bond donors (Lipinski definition) is 0. The van der Waals surface area contributed by atoms with Crippen molar-refractivity contribution in [1.29, 1.82) is 0 Å². The zero-order valence-electron chi connectivity index (χ0n) is 9.90. The topological polar surface area (TPSA) is 9.23 Å². The van der Waals surface area contributed by atoms with E-state index in [2.05, 4.69) is 11.7 Å². The molecule has 2 rings (SSSR count). The summed E-state index contributed by atoms with van der Waals surface area (Å²) in [5, 5.41) is 0. The molecule has 94 valence electrons. The monoisotopic (exact) mass is 244 g/mol. The van der Waals surface area contributed by atoms with Gasteiger partial charge in [0.25, 0.3) is 0 Å². The van der Waals surface area contributed by atoms with Crippen LogP contribution in [0.3, 0.4) is 0 Å². The summed E-state index contributed by atoms with van der Waals surface area (Å²) in [7, 11) is 0. The van der Waals surface area contributed by atoms with Gasteiger partial charge in [-0.1, -0.05) is 19.1 Å². The molecular formula is C13H15F3O. The van der Waals surface area contributed by atoms with Crippen LogP contribution in [0.4, 0.5) is 13.2 Å². The van der Waals surface area contributed by atoms with Crippen molar-refractivity contribution in [3.05, 3.63) is 28.8 Å². The van der Waals surface area contributed by atoms with Crippen molar-refractivity contribution in [2.45, 2.75) is 39.5 Å². The minimum atomic E-state index is -4.61. The third-order valence-electron chi connectivity index (χ3n) is 3.23. The first-order chi connectivity index (χ1) is 7.87. The number of benzene rings is 1. The Bertz CT molecular complexity index is 423. The molecule has 1 aliphatic rings. The van der Waals surface area contributed by atoms with Crippen LogP contribution >= 0.6 is 0 Å². The molecule has 1 aromatic carbocycles. The predicted molar refractivity (Wildman–Crippen MR) is 59.1 cm³/mol. The highest BCUT2D eigenvalue weighted by Crippen LogP contribution is 2.37. The lowest BCUT2D eigenvalue weighted by atomic mass is 9.83. The van der Waals surface area contributed by atoms with Gasteiger partial charge < -0.3 is 4.74 Å². The van der Waals surface area contributed by atoms with Gasteiger partial charge in [0.05, 0.1) is 0 Å². The largest absolute Gasteiger partial charge is 0.573 e. The van der Waals surface area contributed by atoms with Crippen molar-refractivity contribution in [3.8, 4) is 5.75 Å². The van der Waals surface area contributed by atoms with Gasteiger partial charge in [0.15, 0.2) is 0 Å². The van der Waals surface area contributed by atoms with Crippen LogP contribution in [0.25, 0.3) is 0 Å². The van der Waals surface area contributed by atoms with E-state index >= 15 is 0 Å². The second-order valence-corrected chi connectivity index (χ2v) is 4.75. The summed E-state index contributed by atoms with van der Waals surface area (Å²) in [6.07, 6.45) is -2.18. The molecule has 1 atom stereocenters. The maximum Gasteiger partial charge on any atom is 0.573 e. The van der Waals surface area contributed by atoms with Crippen LogP contribution in [0, 0.1) is 12.8 Å². The van der Waals surface area contributed by atoms with Gasteiger partial charge in [-0.25, -0.2) is 0 Å². The average molecular weight is 244 g/mol. The highest BCUT2D eigenvalue weighted by atomic mass is 19.4. The van der Waals surface area contributed by atoms with E-state index in [1.165, 1.54) is 0 Å². The maximum atomic E-state index is 12.3. The van der Waals surface area contributed by atoms with Gasteiger partial charge in [-0.15, -0.1) is 13.2 Å². The molecule has 0 heterocycles. The number of ether oxygens (including phenoxy) is 1. The summed E-state index contributed by atoms with van der Waals surface area (Å²) in [6, 6.07) is 3.63. The van der Waals surface area contributed by atoms with Crippen LogP contribution in [0.1, 0.15) is 30.0 Å². The lowest BCUT2D eigenvalue weighted by Gasteiger charge is -2.25. The molecule has 17 heavy (non-hydrogen) atoms. The summed E-state index contributed by atoms with van der Waals surface area (Å²) in [5.41, 5.74) is 2.28. The minimum Gasteiger partial charge on any atom is -0.405 e. The molecule has 0 amide bonds. The molecule has 0 bridgehead atoms. The first-order valence-electron chi connectivity index (χ1n) is 5.74. The lowest BCUT2D eigenvalue weighted by molar-refractivity contribution is -0.275. The van der Waals surface area contributed by atoms with Gasteiger partial charge in [0.2, 0.25) is 0 Å².